The van der Waals surface area contributed by atoms with E-state index in [2.05, 4.69) is 27.1 Å². The van der Waals surface area contributed by atoms with Crippen molar-refractivity contribution < 1.29 is 13.6 Å². The molecule has 152 valence electrons. The minimum atomic E-state index is -2.65. The zero-order valence-electron chi connectivity index (χ0n) is 16.2. The Balaban J connectivity index is 1.52. The van der Waals surface area contributed by atoms with E-state index in [1.165, 1.54) is 0 Å². The average Bonchev–Trinajstić information content (AvgIpc) is 3.17. The van der Waals surface area contributed by atoms with Crippen LogP contribution >= 0.6 is 0 Å². The number of imidazole rings is 1. The maximum Gasteiger partial charge on any atom is 0.320 e. The Hall–Kier alpha value is -2.87. The molecule has 2 aromatic heterocycles. The van der Waals surface area contributed by atoms with Gasteiger partial charge in [0.2, 0.25) is 5.91 Å². The van der Waals surface area contributed by atoms with Crippen molar-refractivity contribution in [1.82, 2.24) is 19.4 Å². The summed E-state index contributed by atoms with van der Waals surface area (Å²) in [5.74, 6) is 0.435. The Morgan fingerprint density at radius 2 is 1.93 bits per heavy atom. The highest BCUT2D eigenvalue weighted by molar-refractivity contribution is 5.92. The molecule has 1 amide bonds. The van der Waals surface area contributed by atoms with Crippen LogP contribution in [0.5, 0.6) is 0 Å². The molecule has 0 saturated carbocycles. The molecule has 0 radical (unpaired) electrons. The molecule has 0 spiro atoms. The highest BCUT2D eigenvalue weighted by Crippen LogP contribution is 2.28. The number of hydrogen-bond donors (Lipinski definition) is 1. The van der Waals surface area contributed by atoms with Crippen molar-refractivity contribution in [2.24, 2.45) is 5.92 Å². The first kappa shape index (κ1) is 19.4. The Kier molecular flexibility index (Phi) is 5.53. The van der Waals surface area contributed by atoms with Gasteiger partial charge in [0, 0.05) is 12.1 Å². The molecule has 0 bridgehead atoms. The van der Waals surface area contributed by atoms with Gasteiger partial charge in [-0.15, -0.1) is 0 Å². The van der Waals surface area contributed by atoms with Gasteiger partial charge in [0.15, 0.2) is 0 Å². The summed E-state index contributed by atoms with van der Waals surface area (Å²) in [6, 6.07) is 8.77. The van der Waals surface area contributed by atoms with Gasteiger partial charge in [0.05, 0.1) is 11.0 Å². The average molecular weight is 399 g/mol. The first-order valence-corrected chi connectivity index (χ1v) is 9.79. The lowest BCUT2D eigenvalue weighted by Gasteiger charge is -2.30. The van der Waals surface area contributed by atoms with E-state index in [0.29, 0.717) is 16.9 Å². The van der Waals surface area contributed by atoms with Crippen molar-refractivity contribution >= 4 is 22.8 Å². The number of likely N-dealkylation sites (tertiary alicyclic amines) is 1. The second kappa shape index (κ2) is 8.24. The molecule has 1 aliphatic rings. The van der Waals surface area contributed by atoms with Crippen LogP contribution in [0.2, 0.25) is 0 Å². The van der Waals surface area contributed by atoms with Crippen molar-refractivity contribution in [3.63, 3.8) is 0 Å². The van der Waals surface area contributed by atoms with Gasteiger partial charge < -0.3 is 10.2 Å². The first-order valence-electron chi connectivity index (χ1n) is 9.79. The summed E-state index contributed by atoms with van der Waals surface area (Å²) in [7, 11) is 0. The Morgan fingerprint density at radius 1 is 1.17 bits per heavy atom. The van der Waals surface area contributed by atoms with Crippen molar-refractivity contribution in [1.29, 1.82) is 0 Å². The number of anilines is 1. The lowest BCUT2D eigenvalue weighted by atomic mass is 9.96. The number of fused-ring (bicyclic) bond motifs is 1. The number of hydrogen-bond acceptors (Lipinski definition) is 4. The second-order valence-electron chi connectivity index (χ2n) is 7.26. The third-order valence-electron chi connectivity index (χ3n) is 5.54. The van der Waals surface area contributed by atoms with E-state index in [0.717, 1.165) is 54.5 Å². The van der Waals surface area contributed by atoms with E-state index in [4.69, 9.17) is 0 Å². The second-order valence-corrected chi connectivity index (χ2v) is 7.26. The van der Waals surface area contributed by atoms with E-state index in [-0.39, 0.29) is 11.8 Å². The van der Waals surface area contributed by atoms with Gasteiger partial charge in [-0.3, -0.25) is 9.36 Å². The van der Waals surface area contributed by atoms with E-state index in [1.807, 2.05) is 6.07 Å². The van der Waals surface area contributed by atoms with Gasteiger partial charge in [0.1, 0.15) is 12.1 Å². The number of halogens is 2. The van der Waals surface area contributed by atoms with E-state index >= 15 is 0 Å². The minimum Gasteiger partial charge on any atom is -0.310 e. The SMILES string of the molecule is CCN1CCC(C(=O)Nc2cc(-c3ccc4ncn(C(F)F)c4c3)ccn2)CC1. The van der Waals surface area contributed by atoms with Gasteiger partial charge in [-0.1, -0.05) is 13.0 Å². The molecule has 3 heterocycles. The molecule has 6 nitrogen and oxygen atoms in total. The molecular formula is C21H23F2N5O. The molecule has 1 N–H and O–H groups in total. The number of aromatic nitrogens is 3. The zero-order valence-corrected chi connectivity index (χ0v) is 16.2. The highest BCUT2D eigenvalue weighted by atomic mass is 19.3. The van der Waals surface area contributed by atoms with E-state index in [1.54, 1.807) is 30.5 Å². The number of carbonyl (C=O) groups is 1. The quantitative estimate of drug-likeness (QED) is 0.700. The number of piperidine rings is 1. The fourth-order valence-corrected chi connectivity index (χ4v) is 3.78. The van der Waals surface area contributed by atoms with Crippen LogP contribution in [0.15, 0.2) is 42.9 Å². The Morgan fingerprint density at radius 3 is 2.66 bits per heavy atom. The number of alkyl halides is 2. The molecule has 8 heteroatoms. The van der Waals surface area contributed by atoms with Crippen LogP contribution in [0.4, 0.5) is 14.6 Å². The number of nitrogens with zero attached hydrogens (tertiary/aromatic N) is 4. The number of pyridine rings is 1. The highest BCUT2D eigenvalue weighted by Gasteiger charge is 2.24. The Bertz CT molecular complexity index is 1010. The smallest absolute Gasteiger partial charge is 0.310 e. The Labute approximate surface area is 167 Å². The van der Waals surface area contributed by atoms with Crippen molar-refractivity contribution in [3.8, 4) is 11.1 Å². The summed E-state index contributed by atoms with van der Waals surface area (Å²) in [5, 5.41) is 2.91. The van der Waals surface area contributed by atoms with Gasteiger partial charge in [0.25, 0.3) is 0 Å². The standard InChI is InChI=1S/C21H23F2N5O/c1-2-27-9-6-14(7-10-27)20(29)26-19-12-16(5-8-24-19)15-3-4-17-18(11-15)28(13-25-17)21(22)23/h3-5,8,11-14,21H,2,6-7,9-10H2,1H3,(H,24,26,29). The summed E-state index contributed by atoms with van der Waals surface area (Å²) in [6.45, 7) is 2.34. The maximum atomic E-state index is 13.2. The topological polar surface area (TPSA) is 63.1 Å². The molecule has 1 aliphatic heterocycles. The molecule has 0 atom stereocenters. The number of rotatable bonds is 5. The number of amides is 1. The molecule has 0 aliphatic carbocycles. The van der Waals surface area contributed by atoms with Gasteiger partial charge >= 0.3 is 6.55 Å². The number of carbonyl (C=O) groups excluding carboxylic acids is 1. The van der Waals surface area contributed by atoms with Crippen LogP contribution in [0.25, 0.3) is 22.2 Å². The molecule has 1 aromatic carbocycles. The minimum absolute atomic E-state index is 0.0139. The van der Waals surface area contributed by atoms with Crippen LogP contribution in [0, 0.1) is 5.92 Å². The van der Waals surface area contributed by atoms with Gasteiger partial charge in [-0.2, -0.15) is 8.78 Å². The van der Waals surface area contributed by atoms with Crippen molar-refractivity contribution in [2.75, 3.05) is 25.0 Å². The maximum absolute atomic E-state index is 13.2. The third kappa shape index (κ3) is 4.12. The zero-order chi connectivity index (χ0) is 20.4. The van der Waals surface area contributed by atoms with Crippen LogP contribution in [0.1, 0.15) is 26.3 Å². The summed E-state index contributed by atoms with van der Waals surface area (Å²) in [6.07, 6.45) is 4.43. The molecule has 3 aromatic rings. The fourth-order valence-electron chi connectivity index (χ4n) is 3.78. The molecular weight excluding hydrogens is 376 g/mol. The van der Waals surface area contributed by atoms with Crippen molar-refractivity contribution in [3.05, 3.63) is 42.9 Å². The normalized spacial score (nSPS) is 15.9. The predicted molar refractivity (Wildman–Crippen MR) is 108 cm³/mol. The van der Waals surface area contributed by atoms with Crippen LogP contribution in [-0.2, 0) is 4.79 Å². The number of benzene rings is 1. The number of nitrogens with one attached hydrogen (secondary N) is 1. The first-order chi connectivity index (χ1) is 14.0. The summed E-state index contributed by atoms with van der Waals surface area (Å²) >= 11 is 0. The van der Waals surface area contributed by atoms with Crippen LogP contribution in [-0.4, -0.2) is 45.0 Å². The summed E-state index contributed by atoms with van der Waals surface area (Å²) < 4.78 is 27.2. The molecule has 0 unspecified atom stereocenters. The fraction of sp³-hybridized carbons (Fsp3) is 0.381. The molecule has 29 heavy (non-hydrogen) atoms. The summed E-state index contributed by atoms with van der Waals surface area (Å²) in [5.41, 5.74) is 2.42. The van der Waals surface area contributed by atoms with Crippen molar-refractivity contribution in [2.45, 2.75) is 26.3 Å². The lowest BCUT2D eigenvalue weighted by Crippen LogP contribution is -2.38. The van der Waals surface area contributed by atoms with Gasteiger partial charge in [-0.05, 0) is 67.9 Å². The predicted octanol–water partition coefficient (Wildman–Crippen LogP) is 4.16. The molecule has 1 fully saturated rings. The van der Waals surface area contributed by atoms with Gasteiger partial charge in [-0.25, -0.2) is 9.97 Å². The molecule has 1 saturated heterocycles. The summed E-state index contributed by atoms with van der Waals surface area (Å²) in [4.78, 5) is 23.2. The van der Waals surface area contributed by atoms with Crippen LogP contribution < -0.4 is 5.32 Å². The van der Waals surface area contributed by atoms with E-state index in [9.17, 15) is 13.6 Å². The molecule has 4 rings (SSSR count). The van der Waals surface area contributed by atoms with Crippen LogP contribution in [0.3, 0.4) is 0 Å². The largest absolute Gasteiger partial charge is 0.320 e. The monoisotopic (exact) mass is 399 g/mol. The lowest BCUT2D eigenvalue weighted by molar-refractivity contribution is -0.121. The van der Waals surface area contributed by atoms with E-state index < -0.39 is 6.55 Å². The third-order valence-corrected chi connectivity index (χ3v) is 5.54.